The average molecular weight is 457 g/mol. The molecule has 1 atom stereocenters. The predicted molar refractivity (Wildman–Crippen MR) is 127 cm³/mol. The van der Waals surface area contributed by atoms with E-state index in [9.17, 15) is 20.2 Å². The maximum absolute atomic E-state index is 12.7. The maximum atomic E-state index is 12.7. The highest BCUT2D eigenvalue weighted by molar-refractivity contribution is 6.01. The summed E-state index contributed by atoms with van der Waals surface area (Å²) in [6, 6.07) is 22.1. The molecule has 0 spiro atoms. The van der Waals surface area contributed by atoms with Crippen LogP contribution >= 0.6 is 0 Å². The number of methoxy groups -OCH3 is 1. The SMILES string of the molecule is COc1ccc(/C=C(\C#N)C(=O)N[C@H](C)c2ccccc2)cc1COc1ccc([N+](=O)[O-])cc1. The average Bonchev–Trinajstić information content (AvgIpc) is 2.86. The summed E-state index contributed by atoms with van der Waals surface area (Å²) in [5.74, 6) is 0.554. The Morgan fingerprint density at radius 2 is 1.85 bits per heavy atom. The molecule has 0 aliphatic heterocycles. The molecule has 8 heteroatoms. The highest BCUT2D eigenvalue weighted by Gasteiger charge is 2.14. The molecule has 0 radical (unpaired) electrons. The summed E-state index contributed by atoms with van der Waals surface area (Å²) in [6.07, 6.45) is 1.50. The first-order chi connectivity index (χ1) is 16.4. The summed E-state index contributed by atoms with van der Waals surface area (Å²) in [5.41, 5.74) is 2.19. The number of nitro groups is 1. The van der Waals surface area contributed by atoms with E-state index in [1.54, 1.807) is 18.2 Å². The molecule has 0 aromatic heterocycles. The van der Waals surface area contributed by atoms with Gasteiger partial charge in [-0.15, -0.1) is 0 Å². The number of carbonyl (C=O) groups excluding carboxylic acids is 1. The molecule has 0 unspecified atom stereocenters. The number of nitrogens with one attached hydrogen (secondary N) is 1. The lowest BCUT2D eigenvalue weighted by molar-refractivity contribution is -0.384. The molecule has 0 aliphatic rings. The second-order valence-electron chi connectivity index (χ2n) is 7.39. The van der Waals surface area contributed by atoms with Crippen molar-refractivity contribution in [3.05, 3.63) is 105 Å². The van der Waals surface area contributed by atoms with Crippen LogP contribution < -0.4 is 14.8 Å². The Balaban J connectivity index is 1.75. The van der Waals surface area contributed by atoms with Gasteiger partial charge in [-0.25, -0.2) is 0 Å². The highest BCUT2D eigenvalue weighted by atomic mass is 16.6. The van der Waals surface area contributed by atoms with Crippen molar-refractivity contribution in [2.75, 3.05) is 7.11 Å². The van der Waals surface area contributed by atoms with Crippen LogP contribution in [0.4, 0.5) is 5.69 Å². The molecule has 3 aromatic carbocycles. The lowest BCUT2D eigenvalue weighted by Gasteiger charge is -2.14. The summed E-state index contributed by atoms with van der Waals surface area (Å²) in [4.78, 5) is 23.0. The summed E-state index contributed by atoms with van der Waals surface area (Å²) in [6.45, 7) is 1.98. The van der Waals surface area contributed by atoms with Crippen molar-refractivity contribution in [1.29, 1.82) is 5.26 Å². The number of benzene rings is 3. The van der Waals surface area contributed by atoms with E-state index >= 15 is 0 Å². The number of rotatable bonds is 9. The van der Waals surface area contributed by atoms with Gasteiger partial charge in [0.25, 0.3) is 11.6 Å². The fraction of sp³-hybridized carbons (Fsp3) is 0.154. The number of amides is 1. The number of hydrogen-bond donors (Lipinski definition) is 1. The first kappa shape index (κ1) is 24.0. The third-order valence-corrected chi connectivity index (χ3v) is 5.07. The molecular formula is C26H23N3O5. The quantitative estimate of drug-likeness (QED) is 0.210. The van der Waals surface area contributed by atoms with E-state index in [1.807, 2.05) is 43.3 Å². The summed E-state index contributed by atoms with van der Waals surface area (Å²) in [7, 11) is 1.53. The maximum Gasteiger partial charge on any atom is 0.269 e. The molecule has 1 amide bonds. The third kappa shape index (κ3) is 6.20. The van der Waals surface area contributed by atoms with Crippen molar-refractivity contribution in [1.82, 2.24) is 5.32 Å². The van der Waals surface area contributed by atoms with Gasteiger partial charge in [0.2, 0.25) is 0 Å². The Hall–Kier alpha value is -4.64. The second kappa shape index (κ2) is 11.3. The highest BCUT2D eigenvalue weighted by Crippen LogP contribution is 2.25. The van der Waals surface area contributed by atoms with Crippen LogP contribution in [0.2, 0.25) is 0 Å². The van der Waals surface area contributed by atoms with Gasteiger partial charge in [-0.3, -0.25) is 14.9 Å². The lowest BCUT2D eigenvalue weighted by Crippen LogP contribution is -2.27. The minimum atomic E-state index is -0.480. The first-order valence-corrected chi connectivity index (χ1v) is 10.4. The van der Waals surface area contributed by atoms with Crippen LogP contribution in [0, 0.1) is 21.4 Å². The van der Waals surface area contributed by atoms with Crippen LogP contribution in [0.1, 0.15) is 29.7 Å². The Morgan fingerprint density at radius 1 is 1.15 bits per heavy atom. The molecular weight excluding hydrogens is 434 g/mol. The molecule has 0 fully saturated rings. The summed E-state index contributed by atoms with van der Waals surface area (Å²) >= 11 is 0. The molecule has 0 aliphatic carbocycles. The monoisotopic (exact) mass is 457 g/mol. The van der Waals surface area contributed by atoms with Crippen LogP contribution in [-0.4, -0.2) is 17.9 Å². The van der Waals surface area contributed by atoms with Gasteiger partial charge in [0.1, 0.15) is 29.7 Å². The molecule has 3 rings (SSSR count). The number of ether oxygens (including phenoxy) is 2. The van der Waals surface area contributed by atoms with E-state index in [4.69, 9.17) is 9.47 Å². The van der Waals surface area contributed by atoms with Gasteiger partial charge in [0.05, 0.1) is 18.1 Å². The normalized spacial score (nSPS) is 11.7. The standard InChI is InChI=1S/C26H23N3O5/c1-18(20-6-4-3-5-7-20)28-26(30)21(16-27)14-19-8-13-25(33-2)22(15-19)17-34-24-11-9-23(10-12-24)29(31)32/h3-15,18H,17H2,1-2H3,(H,28,30)/b21-14+/t18-/m1/s1. The Morgan fingerprint density at radius 3 is 2.47 bits per heavy atom. The largest absolute Gasteiger partial charge is 0.496 e. The zero-order valence-electron chi connectivity index (χ0n) is 18.7. The fourth-order valence-electron chi connectivity index (χ4n) is 3.24. The van der Waals surface area contributed by atoms with Crippen molar-refractivity contribution >= 4 is 17.7 Å². The molecule has 3 aromatic rings. The number of nitriles is 1. The molecule has 172 valence electrons. The van der Waals surface area contributed by atoms with E-state index in [0.29, 0.717) is 22.6 Å². The van der Waals surface area contributed by atoms with Gasteiger partial charge < -0.3 is 14.8 Å². The predicted octanol–water partition coefficient (Wildman–Crippen LogP) is 4.97. The Kier molecular flexibility index (Phi) is 7.97. The van der Waals surface area contributed by atoms with Gasteiger partial charge in [-0.1, -0.05) is 36.4 Å². The third-order valence-electron chi connectivity index (χ3n) is 5.07. The van der Waals surface area contributed by atoms with Crippen LogP contribution in [0.15, 0.2) is 78.4 Å². The van der Waals surface area contributed by atoms with E-state index in [1.165, 1.54) is 37.5 Å². The number of nitrogens with zero attached hydrogens (tertiary/aromatic N) is 2. The van der Waals surface area contributed by atoms with Gasteiger partial charge in [-0.2, -0.15) is 5.26 Å². The fourth-order valence-corrected chi connectivity index (χ4v) is 3.24. The van der Waals surface area contributed by atoms with Gasteiger partial charge in [0.15, 0.2) is 0 Å². The van der Waals surface area contributed by atoms with E-state index in [0.717, 1.165) is 5.56 Å². The van der Waals surface area contributed by atoms with Crippen molar-refractivity contribution in [3.8, 4) is 17.6 Å². The van der Waals surface area contributed by atoms with Crippen LogP contribution in [0.3, 0.4) is 0 Å². The molecule has 0 bridgehead atoms. The van der Waals surface area contributed by atoms with E-state index in [2.05, 4.69) is 5.32 Å². The van der Waals surface area contributed by atoms with Gasteiger partial charge in [-0.05, 0) is 48.4 Å². The number of hydrogen-bond acceptors (Lipinski definition) is 6. The molecule has 8 nitrogen and oxygen atoms in total. The molecule has 34 heavy (non-hydrogen) atoms. The zero-order chi connectivity index (χ0) is 24.5. The second-order valence-corrected chi connectivity index (χ2v) is 7.39. The number of non-ortho nitro benzene ring substituents is 1. The molecule has 0 saturated carbocycles. The Labute approximate surface area is 197 Å². The van der Waals surface area contributed by atoms with Crippen molar-refractivity contribution < 1.29 is 19.2 Å². The minimum absolute atomic E-state index is 0.0269. The molecule has 0 heterocycles. The van der Waals surface area contributed by atoms with E-state index in [-0.39, 0.29) is 23.9 Å². The zero-order valence-corrected chi connectivity index (χ0v) is 18.7. The van der Waals surface area contributed by atoms with Crippen molar-refractivity contribution in [2.24, 2.45) is 0 Å². The smallest absolute Gasteiger partial charge is 0.269 e. The van der Waals surface area contributed by atoms with Gasteiger partial charge >= 0.3 is 0 Å². The summed E-state index contributed by atoms with van der Waals surface area (Å²) in [5, 5.41) is 23.2. The topological polar surface area (TPSA) is 114 Å². The van der Waals surface area contributed by atoms with Crippen molar-refractivity contribution in [3.63, 3.8) is 0 Å². The van der Waals surface area contributed by atoms with Crippen molar-refractivity contribution in [2.45, 2.75) is 19.6 Å². The van der Waals surface area contributed by atoms with E-state index < -0.39 is 10.8 Å². The first-order valence-electron chi connectivity index (χ1n) is 10.4. The lowest BCUT2D eigenvalue weighted by atomic mass is 10.1. The number of nitro benzene ring substituents is 1. The minimum Gasteiger partial charge on any atom is -0.496 e. The molecule has 1 N–H and O–H groups in total. The van der Waals surface area contributed by atoms with Crippen LogP contribution in [0.25, 0.3) is 6.08 Å². The van der Waals surface area contributed by atoms with Crippen LogP contribution in [-0.2, 0) is 11.4 Å². The van der Waals surface area contributed by atoms with Gasteiger partial charge in [0, 0.05) is 17.7 Å². The molecule has 0 saturated heterocycles. The number of carbonyl (C=O) groups is 1. The van der Waals surface area contributed by atoms with Crippen LogP contribution in [0.5, 0.6) is 11.5 Å². The Bertz CT molecular complexity index is 1230. The summed E-state index contributed by atoms with van der Waals surface area (Å²) < 4.78 is 11.1.